The minimum absolute atomic E-state index is 0.162. The second kappa shape index (κ2) is 13.7. The van der Waals surface area contributed by atoms with Crippen LogP contribution in [0.25, 0.3) is 105 Å². The van der Waals surface area contributed by atoms with Gasteiger partial charge in [-0.15, -0.1) is 0 Å². The molecule has 11 rings (SSSR count). The number of benzene rings is 10. The summed E-state index contributed by atoms with van der Waals surface area (Å²) in [6.45, 7) is 8.71. The van der Waals surface area contributed by atoms with Crippen molar-refractivity contribution in [3.05, 3.63) is 223 Å². The van der Waals surface area contributed by atoms with Crippen LogP contribution in [-0.4, -0.2) is 0 Å². The van der Waals surface area contributed by atoms with Crippen molar-refractivity contribution in [3.8, 4) is 55.6 Å². The van der Waals surface area contributed by atoms with Gasteiger partial charge in [-0.25, -0.2) is 0 Å². The van der Waals surface area contributed by atoms with Gasteiger partial charge in [0.1, 0.15) is 0 Å². The first kappa shape index (κ1) is 34.9. The molecule has 0 amide bonds. The highest BCUT2D eigenvalue weighted by molar-refractivity contribution is 6.12. The molecule has 0 atom stereocenters. The van der Waals surface area contributed by atoms with Crippen LogP contribution in [0.2, 0.25) is 0 Å². The van der Waals surface area contributed by atoms with Gasteiger partial charge in [-0.05, 0) is 170 Å². The summed E-state index contributed by atoms with van der Waals surface area (Å²) < 4.78 is 0. The number of hydrogen-bond donors (Lipinski definition) is 0. The monoisotopic (exact) mass is 750 g/mol. The van der Waals surface area contributed by atoms with Crippen molar-refractivity contribution in [1.82, 2.24) is 0 Å². The van der Waals surface area contributed by atoms with Crippen molar-refractivity contribution >= 4 is 49.2 Å². The summed E-state index contributed by atoms with van der Waals surface area (Å²) in [4.78, 5) is 0. The highest BCUT2D eigenvalue weighted by atomic mass is 14.4. The molecule has 278 valence electrons. The summed E-state index contributed by atoms with van der Waals surface area (Å²) in [6, 6.07) is 70.3. The Kier molecular flexibility index (Phi) is 8.10. The fourth-order valence-corrected chi connectivity index (χ4v) is 9.59. The van der Waals surface area contributed by atoms with E-state index < -0.39 is 0 Å². The summed E-state index contributed by atoms with van der Waals surface area (Å²) in [5.74, 6) is 0. The van der Waals surface area contributed by atoms with Crippen LogP contribution in [0.1, 0.15) is 30.5 Å². The lowest BCUT2D eigenvalue weighted by molar-refractivity contribution is 0.661. The summed E-state index contributed by atoms with van der Waals surface area (Å²) in [5, 5.41) is 10.0. The molecular weight excluding hydrogens is 709 g/mol. The van der Waals surface area contributed by atoms with Gasteiger partial charge in [0.25, 0.3) is 0 Å². The molecule has 59 heavy (non-hydrogen) atoms. The van der Waals surface area contributed by atoms with E-state index >= 15 is 0 Å². The number of hydrogen-bond acceptors (Lipinski definition) is 0. The topological polar surface area (TPSA) is 0 Å². The van der Waals surface area contributed by atoms with E-state index in [4.69, 9.17) is 0 Å². The molecule has 1 aliphatic carbocycles. The summed E-state index contributed by atoms with van der Waals surface area (Å²) in [7, 11) is 0. The summed E-state index contributed by atoms with van der Waals surface area (Å²) >= 11 is 0. The highest BCUT2D eigenvalue weighted by Crippen LogP contribution is 2.51. The van der Waals surface area contributed by atoms with Gasteiger partial charge in [0.15, 0.2) is 0 Å². The van der Waals surface area contributed by atoms with E-state index in [0.717, 1.165) is 0 Å². The van der Waals surface area contributed by atoms with Gasteiger partial charge in [-0.3, -0.25) is 0 Å². The average Bonchev–Trinajstić information content (AvgIpc) is 3.52. The Morgan fingerprint density at radius 3 is 1.37 bits per heavy atom. The van der Waals surface area contributed by atoms with E-state index in [1.165, 1.54) is 115 Å². The van der Waals surface area contributed by atoms with Crippen LogP contribution in [0.15, 0.2) is 207 Å². The number of fused-ring (bicyclic) bond motifs is 8. The molecule has 0 nitrogen and oxygen atoms in total. The number of allylic oxidation sites excluding steroid dienone is 2. The summed E-state index contributed by atoms with van der Waals surface area (Å²) in [5.41, 5.74) is 16.2. The van der Waals surface area contributed by atoms with Crippen LogP contribution in [0.3, 0.4) is 0 Å². The molecule has 0 spiro atoms. The average molecular weight is 751 g/mol. The zero-order valence-electron chi connectivity index (χ0n) is 33.3. The molecule has 0 fully saturated rings. The lowest BCUT2D eigenvalue weighted by Crippen LogP contribution is -2.15. The fraction of sp³-hybridized carbons (Fsp3) is 0.0508. The molecule has 0 radical (unpaired) electrons. The van der Waals surface area contributed by atoms with Gasteiger partial charge >= 0.3 is 0 Å². The molecule has 0 aliphatic heterocycles. The minimum Gasteiger partial charge on any atom is -0.0991 e. The Labute approximate surface area is 346 Å². The van der Waals surface area contributed by atoms with E-state index in [1.807, 2.05) is 12.2 Å². The van der Waals surface area contributed by atoms with Crippen molar-refractivity contribution in [2.45, 2.75) is 19.3 Å². The molecule has 0 saturated carbocycles. The second-order valence-corrected chi connectivity index (χ2v) is 16.6. The smallest absolute Gasteiger partial charge is 0.0159 e. The van der Waals surface area contributed by atoms with Crippen LogP contribution in [-0.2, 0) is 5.41 Å². The Morgan fingerprint density at radius 1 is 0.356 bits per heavy atom. The van der Waals surface area contributed by atoms with Gasteiger partial charge in [-0.2, -0.15) is 0 Å². The maximum absolute atomic E-state index is 3.93. The first-order chi connectivity index (χ1) is 28.9. The molecular formula is C59H42. The molecule has 0 bridgehead atoms. The fourth-order valence-electron chi connectivity index (χ4n) is 9.59. The van der Waals surface area contributed by atoms with Crippen LogP contribution in [0.5, 0.6) is 0 Å². The molecule has 0 aromatic heterocycles. The second-order valence-electron chi connectivity index (χ2n) is 16.6. The third kappa shape index (κ3) is 5.91. The zero-order valence-corrected chi connectivity index (χ0v) is 33.3. The zero-order chi connectivity index (χ0) is 39.7. The van der Waals surface area contributed by atoms with E-state index in [2.05, 4.69) is 215 Å². The maximum atomic E-state index is 3.93. The van der Waals surface area contributed by atoms with Gasteiger partial charge < -0.3 is 0 Å². The maximum Gasteiger partial charge on any atom is 0.0159 e. The lowest BCUT2D eigenvalue weighted by atomic mass is 9.80. The van der Waals surface area contributed by atoms with E-state index in [9.17, 15) is 0 Å². The third-order valence-corrected chi connectivity index (χ3v) is 12.7. The van der Waals surface area contributed by atoms with E-state index in [-0.39, 0.29) is 5.41 Å². The van der Waals surface area contributed by atoms with Crippen LogP contribution >= 0.6 is 0 Å². The van der Waals surface area contributed by atoms with Crippen molar-refractivity contribution in [1.29, 1.82) is 0 Å². The first-order valence-electron chi connectivity index (χ1n) is 20.6. The molecule has 10 aromatic rings. The highest BCUT2D eigenvalue weighted by Gasteiger charge is 2.36. The lowest BCUT2D eigenvalue weighted by Gasteiger charge is -2.23. The van der Waals surface area contributed by atoms with E-state index in [1.54, 1.807) is 0 Å². The van der Waals surface area contributed by atoms with Crippen LogP contribution < -0.4 is 0 Å². The largest absolute Gasteiger partial charge is 0.0991 e. The van der Waals surface area contributed by atoms with Gasteiger partial charge in [0, 0.05) is 5.41 Å². The minimum atomic E-state index is -0.162. The Bertz CT molecular complexity index is 3370. The van der Waals surface area contributed by atoms with Crippen molar-refractivity contribution in [2.24, 2.45) is 0 Å². The molecule has 0 heterocycles. The SMILES string of the molecule is C=C/C=C\c1cc2cc(-c3cc(-c4ccc5c(c4)C(C)(C)c4cc(-c6ccc7ccccc7c6)ccc4-5)cc(-c4ccc5ccccc5c4)c3)ccc2c2ccccc12. The quantitative estimate of drug-likeness (QED) is 0.117. The first-order valence-corrected chi connectivity index (χ1v) is 20.6. The van der Waals surface area contributed by atoms with Crippen molar-refractivity contribution in [3.63, 3.8) is 0 Å². The molecule has 0 heteroatoms. The van der Waals surface area contributed by atoms with Crippen molar-refractivity contribution < 1.29 is 0 Å². The van der Waals surface area contributed by atoms with Gasteiger partial charge in [0.2, 0.25) is 0 Å². The predicted molar refractivity (Wildman–Crippen MR) is 255 cm³/mol. The molecule has 10 aromatic carbocycles. The molecule has 0 unspecified atom stereocenters. The van der Waals surface area contributed by atoms with Crippen LogP contribution in [0.4, 0.5) is 0 Å². The predicted octanol–water partition coefficient (Wildman–Crippen LogP) is 16.5. The van der Waals surface area contributed by atoms with Crippen molar-refractivity contribution in [2.75, 3.05) is 0 Å². The Balaban J connectivity index is 1.05. The van der Waals surface area contributed by atoms with Crippen LogP contribution in [0, 0.1) is 0 Å². The van der Waals surface area contributed by atoms with E-state index in [0.29, 0.717) is 0 Å². The number of rotatable bonds is 6. The third-order valence-electron chi connectivity index (χ3n) is 12.7. The molecule has 0 saturated heterocycles. The normalized spacial score (nSPS) is 13.1. The Hall–Kier alpha value is -7.28. The molecule has 1 aliphatic rings. The van der Waals surface area contributed by atoms with Gasteiger partial charge in [0.05, 0.1) is 0 Å². The van der Waals surface area contributed by atoms with Gasteiger partial charge in [-0.1, -0.05) is 172 Å². The standard InChI is InChI=1S/C59H42/c1-4-5-12-47-32-51-31-44(23-26-53(51)54-18-11-10-17-52(47)54)49-33-48(43-22-20-39-14-7-9-16-41(39)30-43)34-50(35-49)46-25-28-56-55-27-24-45(36-57(55)59(2,3)58(56)37-46)42-21-19-38-13-6-8-15-40(38)29-42/h4-37H,1H2,2-3H3/b12-5-. The summed E-state index contributed by atoms with van der Waals surface area (Å²) in [6.07, 6.45) is 6.03. The molecule has 0 N–H and O–H groups in total. The Morgan fingerprint density at radius 2 is 0.797 bits per heavy atom.